The van der Waals surface area contributed by atoms with E-state index in [9.17, 15) is 9.18 Å². The molecule has 2 atom stereocenters. The fraction of sp³-hybridized carbons (Fsp3) is 0.306. The van der Waals surface area contributed by atoms with Crippen LogP contribution in [0.4, 0.5) is 14.5 Å². The first-order chi connectivity index (χ1) is 22.8. The highest BCUT2D eigenvalue weighted by Gasteiger charge is 2.45. The molecule has 0 aliphatic rings. The highest BCUT2D eigenvalue weighted by atomic mass is 32.1. The lowest BCUT2D eigenvalue weighted by Gasteiger charge is -2.38. The highest BCUT2D eigenvalue weighted by molar-refractivity contribution is 7.10. The molecule has 2 unspecified atom stereocenters. The molecule has 244 valence electrons. The van der Waals surface area contributed by atoms with Gasteiger partial charge in [0.05, 0.1) is 28.5 Å². The molecule has 0 N–H and O–H groups in total. The van der Waals surface area contributed by atoms with Crippen molar-refractivity contribution < 1.29 is 23.0 Å². The van der Waals surface area contributed by atoms with Gasteiger partial charge in [0.2, 0.25) is 0 Å². The number of ether oxygens (including phenoxy) is 2. The lowest BCUT2D eigenvalue weighted by molar-refractivity contribution is -0.148. The Morgan fingerprint density at radius 2 is 1.87 bits per heavy atom. The molecule has 8 nitrogen and oxygen atoms in total. The molecule has 0 fully saturated rings. The maximum absolute atomic E-state index is 15.7. The van der Waals surface area contributed by atoms with Crippen LogP contribution in [0.2, 0.25) is 0 Å². The van der Waals surface area contributed by atoms with Crippen LogP contribution >= 0.6 is 11.3 Å². The number of rotatable bonds is 15. The van der Waals surface area contributed by atoms with E-state index in [1.165, 1.54) is 40.8 Å². The number of carbonyl (C=O) groups is 1. The lowest BCUT2D eigenvalue weighted by atomic mass is 9.81. The van der Waals surface area contributed by atoms with E-state index in [0.29, 0.717) is 22.2 Å². The molecule has 5 aromatic rings. The normalized spacial score (nSPS) is 13.3. The molecule has 11 heteroatoms. The van der Waals surface area contributed by atoms with Gasteiger partial charge in [-0.3, -0.25) is 4.99 Å². The Morgan fingerprint density at radius 3 is 2.55 bits per heavy atom. The molecule has 0 aliphatic heterocycles. The highest BCUT2D eigenvalue weighted by Crippen LogP contribution is 2.44. The van der Waals surface area contributed by atoms with Crippen LogP contribution in [0, 0.1) is 17.6 Å². The largest absolute Gasteiger partial charge is 0.435 e. The lowest BCUT2D eigenvalue weighted by Crippen LogP contribution is -2.42. The molecule has 0 bridgehead atoms. The standard InChI is InChI=1S/C36H37F2N5O3S/c1-5-25(6-2)16-26-8-7-9-28(17-26)35(44)45-23-46-36(20-43-22-40-21-41-43,31-15-12-29(37)18-32(31)38)24(3)34-42-33(19-47-34)27-10-13-30(39-4)14-11-27/h7-15,17-19,21-22,24-25H,4-6,16,20,23H2,1-3H3. The first kappa shape index (κ1) is 33.7. The van der Waals surface area contributed by atoms with Crippen LogP contribution < -0.4 is 0 Å². The fourth-order valence-corrected chi connectivity index (χ4v) is 6.62. The van der Waals surface area contributed by atoms with E-state index in [-0.39, 0.29) is 12.1 Å². The van der Waals surface area contributed by atoms with Crippen molar-refractivity contribution in [2.75, 3.05) is 6.79 Å². The quantitative estimate of drug-likeness (QED) is 0.0637. The summed E-state index contributed by atoms with van der Waals surface area (Å²) in [6.45, 7) is 9.17. The van der Waals surface area contributed by atoms with Crippen LogP contribution in [-0.4, -0.2) is 39.2 Å². The van der Waals surface area contributed by atoms with Crippen LogP contribution in [0.15, 0.2) is 89.8 Å². The third kappa shape index (κ3) is 7.86. The van der Waals surface area contributed by atoms with Crippen molar-refractivity contribution in [3.63, 3.8) is 0 Å². The molecule has 0 saturated heterocycles. The van der Waals surface area contributed by atoms with Gasteiger partial charge in [0.25, 0.3) is 0 Å². The SMILES string of the molecule is C=Nc1ccc(-c2csc(C(C)C(Cn3cncn3)(OCOC(=O)c3cccc(CC(CC)CC)c3)c3ccc(F)cc3F)n2)cc1. The summed E-state index contributed by atoms with van der Waals surface area (Å²) >= 11 is 1.38. The minimum Gasteiger partial charge on any atom is -0.435 e. The van der Waals surface area contributed by atoms with E-state index in [1.807, 2.05) is 54.8 Å². The van der Waals surface area contributed by atoms with Crippen molar-refractivity contribution in [2.45, 2.75) is 58.1 Å². The number of carbonyl (C=O) groups excluding carboxylic acids is 1. The summed E-state index contributed by atoms with van der Waals surface area (Å²) in [7, 11) is 0. The van der Waals surface area contributed by atoms with Crippen LogP contribution in [0.1, 0.15) is 66.0 Å². The van der Waals surface area contributed by atoms with Gasteiger partial charge >= 0.3 is 5.97 Å². The average Bonchev–Trinajstić information content (AvgIpc) is 3.79. The first-order valence-corrected chi connectivity index (χ1v) is 16.3. The predicted octanol–water partition coefficient (Wildman–Crippen LogP) is 8.52. The van der Waals surface area contributed by atoms with Crippen molar-refractivity contribution in [3.05, 3.63) is 118 Å². The summed E-state index contributed by atoms with van der Waals surface area (Å²) in [6, 6.07) is 18.2. The molecule has 5 rings (SSSR count). The van der Waals surface area contributed by atoms with E-state index in [1.54, 1.807) is 6.07 Å². The van der Waals surface area contributed by atoms with Crippen molar-refractivity contribution in [2.24, 2.45) is 10.9 Å². The number of esters is 1. The monoisotopic (exact) mass is 657 g/mol. The third-order valence-electron chi connectivity index (χ3n) is 8.54. The third-order valence-corrected chi connectivity index (χ3v) is 9.56. The van der Waals surface area contributed by atoms with E-state index in [2.05, 4.69) is 35.6 Å². The molecule has 0 amide bonds. The Balaban J connectivity index is 1.48. The molecule has 2 aromatic heterocycles. The Kier molecular flexibility index (Phi) is 11.0. The van der Waals surface area contributed by atoms with Gasteiger partial charge in [0.15, 0.2) is 6.79 Å². The van der Waals surface area contributed by atoms with Crippen molar-refractivity contribution >= 4 is 29.7 Å². The second-order valence-electron chi connectivity index (χ2n) is 11.4. The van der Waals surface area contributed by atoms with Gasteiger partial charge in [-0.15, -0.1) is 11.3 Å². The number of halogens is 2. The van der Waals surface area contributed by atoms with Crippen molar-refractivity contribution in [1.29, 1.82) is 0 Å². The van der Waals surface area contributed by atoms with Gasteiger partial charge in [-0.25, -0.2) is 28.2 Å². The summed E-state index contributed by atoms with van der Waals surface area (Å²) in [6.07, 6.45) is 5.79. The zero-order valence-electron chi connectivity index (χ0n) is 26.6. The summed E-state index contributed by atoms with van der Waals surface area (Å²) in [4.78, 5) is 26.1. The number of hydrogen-bond acceptors (Lipinski definition) is 8. The maximum Gasteiger partial charge on any atom is 0.340 e. The molecule has 2 heterocycles. The smallest absolute Gasteiger partial charge is 0.340 e. The van der Waals surface area contributed by atoms with Crippen LogP contribution in [0.3, 0.4) is 0 Å². The van der Waals surface area contributed by atoms with Gasteiger partial charge < -0.3 is 9.47 Å². The molecule has 0 radical (unpaired) electrons. The summed E-state index contributed by atoms with van der Waals surface area (Å²) < 4.78 is 43.5. The van der Waals surface area contributed by atoms with E-state index >= 15 is 4.39 Å². The Morgan fingerprint density at radius 1 is 1.09 bits per heavy atom. The van der Waals surface area contributed by atoms with Crippen LogP contribution in [0.25, 0.3) is 11.3 Å². The Bertz CT molecular complexity index is 1790. The molecule has 3 aromatic carbocycles. The number of hydrogen-bond donors (Lipinski definition) is 0. The second-order valence-corrected chi connectivity index (χ2v) is 12.3. The first-order valence-electron chi connectivity index (χ1n) is 15.5. The van der Waals surface area contributed by atoms with Gasteiger partial charge in [-0.1, -0.05) is 63.9 Å². The molecular weight excluding hydrogens is 620 g/mol. The molecule has 0 saturated carbocycles. The van der Waals surface area contributed by atoms with Crippen molar-refractivity contribution in [3.8, 4) is 11.3 Å². The second kappa shape index (κ2) is 15.3. The molecular formula is C36H37F2N5O3S. The zero-order valence-corrected chi connectivity index (χ0v) is 27.4. The number of benzene rings is 3. The maximum atomic E-state index is 15.7. The summed E-state index contributed by atoms with van der Waals surface area (Å²) in [5, 5.41) is 6.77. The van der Waals surface area contributed by atoms with Gasteiger partial charge in [-0.05, 0) is 55.0 Å². The zero-order chi connectivity index (χ0) is 33.4. The van der Waals surface area contributed by atoms with Gasteiger partial charge in [0, 0.05) is 28.5 Å². The summed E-state index contributed by atoms with van der Waals surface area (Å²) in [5.41, 5.74) is 2.26. The Hall–Kier alpha value is -4.61. The summed E-state index contributed by atoms with van der Waals surface area (Å²) in [5.74, 6) is -2.23. The van der Waals surface area contributed by atoms with Crippen LogP contribution in [-0.2, 0) is 28.0 Å². The fourth-order valence-electron chi connectivity index (χ4n) is 5.66. The van der Waals surface area contributed by atoms with E-state index in [4.69, 9.17) is 14.5 Å². The number of thiazole rings is 1. The van der Waals surface area contributed by atoms with Crippen molar-refractivity contribution in [1.82, 2.24) is 19.7 Å². The minimum atomic E-state index is -1.55. The topological polar surface area (TPSA) is 91.5 Å². The number of aromatic nitrogens is 4. The van der Waals surface area contributed by atoms with Crippen LogP contribution in [0.5, 0.6) is 0 Å². The molecule has 47 heavy (non-hydrogen) atoms. The van der Waals surface area contributed by atoms with Gasteiger partial charge in [0.1, 0.15) is 29.9 Å². The number of nitrogens with zero attached hydrogens (tertiary/aromatic N) is 5. The Labute approximate surface area is 277 Å². The predicted molar refractivity (Wildman–Crippen MR) is 179 cm³/mol. The van der Waals surface area contributed by atoms with Gasteiger partial charge in [-0.2, -0.15) is 5.10 Å². The van der Waals surface area contributed by atoms with E-state index in [0.717, 1.165) is 42.1 Å². The molecule has 0 spiro atoms. The molecule has 0 aliphatic carbocycles. The van der Waals surface area contributed by atoms with E-state index < -0.39 is 35.9 Å². The average molecular weight is 658 g/mol. The minimum absolute atomic E-state index is 0.0339. The number of aliphatic imine (C=N–C) groups is 1.